The van der Waals surface area contributed by atoms with Crippen molar-refractivity contribution in [3.63, 3.8) is 0 Å². The van der Waals surface area contributed by atoms with Gasteiger partial charge in [-0.05, 0) is 42.8 Å². The number of aldehydes is 1. The molecule has 2 aromatic rings. The van der Waals surface area contributed by atoms with Crippen LogP contribution >= 0.6 is 0 Å². The average Bonchev–Trinajstić information content (AvgIpc) is 2.89. The van der Waals surface area contributed by atoms with Crippen molar-refractivity contribution in [2.45, 2.75) is 24.9 Å². The Balaban J connectivity index is 1.97. The van der Waals surface area contributed by atoms with Crippen LogP contribution in [0.1, 0.15) is 23.2 Å². The van der Waals surface area contributed by atoms with Crippen LogP contribution in [0.2, 0.25) is 0 Å². The van der Waals surface area contributed by atoms with E-state index in [9.17, 15) is 39.0 Å². The zero-order chi connectivity index (χ0) is 27.8. The molecular weight excluding hydrogens is 500 g/mol. The summed E-state index contributed by atoms with van der Waals surface area (Å²) in [6, 6.07) is 8.89. The Morgan fingerprint density at radius 3 is 2.32 bits per heavy atom. The summed E-state index contributed by atoms with van der Waals surface area (Å²) in [6.45, 7) is -1.54. The van der Waals surface area contributed by atoms with Gasteiger partial charge in [-0.15, -0.1) is 0 Å². The van der Waals surface area contributed by atoms with Crippen molar-refractivity contribution in [1.29, 1.82) is 0 Å². The molecule has 0 bridgehead atoms. The highest BCUT2D eigenvalue weighted by Crippen LogP contribution is 2.32. The number of nitrogens with one attached hydrogen (secondary N) is 2. The molecule has 0 aromatic heterocycles. The van der Waals surface area contributed by atoms with Crippen LogP contribution in [0.4, 0.5) is 11.4 Å². The first-order valence-electron chi connectivity index (χ1n) is 11.5. The number of hydrogen-bond acceptors (Lipinski definition) is 8. The molecule has 4 amide bonds. The third-order valence-electron chi connectivity index (χ3n) is 5.75. The van der Waals surface area contributed by atoms with Crippen molar-refractivity contribution in [3.8, 4) is 5.75 Å². The van der Waals surface area contributed by atoms with Crippen molar-refractivity contribution < 1.29 is 44.1 Å². The zero-order valence-electron chi connectivity index (χ0n) is 20.1. The van der Waals surface area contributed by atoms with Gasteiger partial charge in [0, 0.05) is 12.1 Å². The minimum atomic E-state index is -1.34. The van der Waals surface area contributed by atoms with Crippen LogP contribution in [0.25, 0.3) is 0 Å². The number of nitrogens with zero attached hydrogens (tertiary/aromatic N) is 2. The van der Waals surface area contributed by atoms with Gasteiger partial charge in [0.1, 0.15) is 31.2 Å². The second-order valence-electron chi connectivity index (χ2n) is 8.39. The molecule has 3 rings (SSSR count). The number of amides is 4. The molecule has 0 saturated heterocycles. The molecule has 0 fully saturated rings. The monoisotopic (exact) mass is 526 g/mol. The van der Waals surface area contributed by atoms with E-state index >= 15 is 0 Å². The lowest BCUT2D eigenvalue weighted by Crippen LogP contribution is -2.55. The number of aliphatic hydroxyl groups excluding tert-OH is 1. The number of aromatic hydroxyl groups is 1. The van der Waals surface area contributed by atoms with Crippen molar-refractivity contribution in [2.75, 3.05) is 29.5 Å². The highest BCUT2D eigenvalue weighted by Gasteiger charge is 2.35. The number of carbonyl (C=O) groups excluding carboxylic acids is 5. The number of aliphatic hydroxyl groups is 1. The Morgan fingerprint density at radius 1 is 1.05 bits per heavy atom. The lowest BCUT2D eigenvalue weighted by atomic mass is 10.1. The Hall–Kier alpha value is -4.78. The van der Waals surface area contributed by atoms with E-state index in [1.165, 1.54) is 41.3 Å². The number of phenols is 1. The summed E-state index contributed by atoms with van der Waals surface area (Å²) in [5, 5.41) is 32.8. The second kappa shape index (κ2) is 12.5. The van der Waals surface area contributed by atoms with E-state index < -0.39 is 61.3 Å². The van der Waals surface area contributed by atoms with E-state index in [0.717, 1.165) is 4.90 Å². The molecule has 200 valence electrons. The molecule has 0 aliphatic carbocycles. The maximum Gasteiger partial charge on any atom is 0.305 e. The van der Waals surface area contributed by atoms with Gasteiger partial charge in [-0.2, -0.15) is 0 Å². The first-order valence-corrected chi connectivity index (χ1v) is 11.5. The molecule has 2 aromatic carbocycles. The van der Waals surface area contributed by atoms with Crippen LogP contribution in [-0.4, -0.2) is 83.0 Å². The molecular formula is C25H26N4O9. The largest absolute Gasteiger partial charge is 0.508 e. The molecule has 13 nitrogen and oxygen atoms in total. The number of rotatable bonds is 9. The van der Waals surface area contributed by atoms with Crippen molar-refractivity contribution in [2.24, 2.45) is 0 Å². The number of fused-ring (bicyclic) bond motifs is 1. The fraction of sp³-hybridized carbons (Fsp3) is 0.280. The number of hydrogen-bond donors (Lipinski definition) is 5. The molecule has 13 heteroatoms. The number of carboxylic acids is 1. The fourth-order valence-electron chi connectivity index (χ4n) is 3.94. The third kappa shape index (κ3) is 6.70. The van der Waals surface area contributed by atoms with E-state index in [1.807, 2.05) is 0 Å². The van der Waals surface area contributed by atoms with Gasteiger partial charge in [-0.25, -0.2) is 0 Å². The molecule has 0 radical (unpaired) electrons. The standard InChI is InChI=1S/C25H26N4O9/c30-13-16(11-23(35)36)26-21(33)12-29-20-4-2-1-3-19(20)28(22(34)14-31)10-9-18(25(29)38)27-24(37)15-5-7-17(32)8-6-15/h1-8,13,16,18,31-32H,9-12,14H2,(H,26,33)(H,27,37)(H,35,36)/t16-,18-/m0/s1. The number of aliphatic carboxylic acids is 1. The number of anilines is 2. The van der Waals surface area contributed by atoms with Gasteiger partial charge in [0.05, 0.1) is 23.8 Å². The Bertz CT molecular complexity index is 1230. The Labute approximate surface area is 216 Å². The van der Waals surface area contributed by atoms with Gasteiger partial charge in [-0.3, -0.25) is 28.9 Å². The number of carbonyl (C=O) groups is 6. The van der Waals surface area contributed by atoms with Crippen molar-refractivity contribution in [1.82, 2.24) is 10.6 Å². The molecule has 1 aliphatic heterocycles. The quantitative estimate of drug-likeness (QED) is 0.266. The summed E-state index contributed by atoms with van der Waals surface area (Å²) < 4.78 is 0. The summed E-state index contributed by atoms with van der Waals surface area (Å²) in [5.41, 5.74) is 0.501. The maximum atomic E-state index is 13.7. The van der Waals surface area contributed by atoms with Gasteiger partial charge in [-0.1, -0.05) is 12.1 Å². The minimum absolute atomic E-state index is 0.0471. The topological polar surface area (TPSA) is 194 Å². The van der Waals surface area contributed by atoms with Gasteiger partial charge in [0.15, 0.2) is 0 Å². The summed E-state index contributed by atoms with van der Waals surface area (Å²) in [4.78, 5) is 76.3. The fourth-order valence-corrected chi connectivity index (χ4v) is 3.94. The van der Waals surface area contributed by atoms with E-state index in [1.54, 1.807) is 12.1 Å². The average molecular weight is 527 g/mol. The van der Waals surface area contributed by atoms with Crippen LogP contribution in [0.15, 0.2) is 48.5 Å². The van der Waals surface area contributed by atoms with Crippen LogP contribution in [0, 0.1) is 0 Å². The van der Waals surface area contributed by atoms with Gasteiger partial charge < -0.3 is 35.6 Å². The van der Waals surface area contributed by atoms with E-state index in [4.69, 9.17) is 5.11 Å². The highest BCUT2D eigenvalue weighted by molar-refractivity contribution is 6.09. The van der Waals surface area contributed by atoms with Crippen LogP contribution in [0.5, 0.6) is 5.75 Å². The highest BCUT2D eigenvalue weighted by atomic mass is 16.4. The number of benzene rings is 2. The van der Waals surface area contributed by atoms with Gasteiger partial charge >= 0.3 is 5.97 Å². The molecule has 0 unspecified atom stereocenters. The number of para-hydroxylation sites is 2. The molecule has 0 spiro atoms. The molecule has 0 saturated carbocycles. The second-order valence-corrected chi connectivity index (χ2v) is 8.39. The normalized spacial score (nSPS) is 15.9. The summed E-state index contributed by atoms with van der Waals surface area (Å²) in [6.07, 6.45) is -0.474. The number of carboxylic acid groups (broad SMARTS) is 1. The molecule has 1 heterocycles. The molecule has 2 atom stereocenters. The van der Waals surface area contributed by atoms with Crippen molar-refractivity contribution >= 4 is 47.3 Å². The molecule has 38 heavy (non-hydrogen) atoms. The minimum Gasteiger partial charge on any atom is -0.508 e. The predicted octanol–water partition coefficient (Wildman–Crippen LogP) is -0.589. The van der Waals surface area contributed by atoms with Crippen LogP contribution < -0.4 is 20.4 Å². The smallest absolute Gasteiger partial charge is 0.305 e. The first kappa shape index (κ1) is 27.8. The van der Waals surface area contributed by atoms with Gasteiger partial charge in [0.2, 0.25) is 11.8 Å². The van der Waals surface area contributed by atoms with E-state index in [0.29, 0.717) is 0 Å². The zero-order valence-corrected chi connectivity index (χ0v) is 20.1. The third-order valence-corrected chi connectivity index (χ3v) is 5.75. The lowest BCUT2D eigenvalue weighted by Gasteiger charge is -2.35. The number of phenolic OH excluding ortho intramolecular Hbond substituents is 1. The Morgan fingerprint density at radius 2 is 1.71 bits per heavy atom. The SMILES string of the molecule is O=C[C@H](CC(=O)O)NC(=O)CN1C(=O)[C@@H](NC(=O)c2ccc(O)cc2)CCN(C(=O)CO)c2ccccc21. The summed E-state index contributed by atoms with van der Waals surface area (Å²) >= 11 is 0. The first-order chi connectivity index (χ1) is 18.1. The van der Waals surface area contributed by atoms with Crippen LogP contribution in [-0.2, 0) is 24.0 Å². The lowest BCUT2D eigenvalue weighted by molar-refractivity contribution is -0.139. The summed E-state index contributed by atoms with van der Waals surface area (Å²) in [5.74, 6) is -4.25. The molecule has 5 N–H and O–H groups in total. The van der Waals surface area contributed by atoms with E-state index in [2.05, 4.69) is 10.6 Å². The van der Waals surface area contributed by atoms with Crippen molar-refractivity contribution in [3.05, 3.63) is 54.1 Å². The van der Waals surface area contributed by atoms with Gasteiger partial charge in [0.25, 0.3) is 11.8 Å². The maximum absolute atomic E-state index is 13.7. The molecule has 1 aliphatic rings. The Kier molecular flexibility index (Phi) is 9.11. The van der Waals surface area contributed by atoms with E-state index in [-0.39, 0.29) is 41.9 Å². The summed E-state index contributed by atoms with van der Waals surface area (Å²) in [7, 11) is 0. The predicted molar refractivity (Wildman–Crippen MR) is 132 cm³/mol. The van der Waals surface area contributed by atoms with Crippen LogP contribution in [0.3, 0.4) is 0 Å².